The standard InChI is InChI=1S/C14H21ClN2O/c1-4-17(14(18)9-16-11(2)3)10-12-6-5-7-13(15)8-12/h5-8,11,16H,4,9-10H2,1-3H3. The van der Waals surface area contributed by atoms with Crippen molar-refractivity contribution in [2.75, 3.05) is 13.1 Å². The summed E-state index contributed by atoms with van der Waals surface area (Å²) in [5, 5.41) is 3.84. The molecule has 1 rings (SSSR count). The quantitative estimate of drug-likeness (QED) is 0.860. The maximum absolute atomic E-state index is 12.0. The molecule has 0 heterocycles. The van der Waals surface area contributed by atoms with Crippen molar-refractivity contribution in [2.45, 2.75) is 33.4 Å². The van der Waals surface area contributed by atoms with Gasteiger partial charge < -0.3 is 10.2 Å². The van der Waals surface area contributed by atoms with Crippen LogP contribution in [0.5, 0.6) is 0 Å². The van der Waals surface area contributed by atoms with Gasteiger partial charge in [0.15, 0.2) is 0 Å². The van der Waals surface area contributed by atoms with Gasteiger partial charge in [0.05, 0.1) is 6.54 Å². The lowest BCUT2D eigenvalue weighted by Gasteiger charge is -2.22. The first-order chi connectivity index (χ1) is 8.52. The molecule has 0 aromatic heterocycles. The molecule has 0 atom stereocenters. The average molecular weight is 269 g/mol. The number of rotatable bonds is 6. The molecule has 0 unspecified atom stereocenters. The van der Waals surface area contributed by atoms with E-state index >= 15 is 0 Å². The normalized spacial score (nSPS) is 10.7. The molecule has 0 fully saturated rings. The molecular weight excluding hydrogens is 248 g/mol. The lowest BCUT2D eigenvalue weighted by atomic mass is 10.2. The van der Waals surface area contributed by atoms with Gasteiger partial charge in [0.1, 0.15) is 0 Å². The fraction of sp³-hybridized carbons (Fsp3) is 0.500. The Morgan fingerprint density at radius 2 is 2.17 bits per heavy atom. The van der Waals surface area contributed by atoms with E-state index in [4.69, 9.17) is 11.6 Å². The third-order valence-corrected chi connectivity index (χ3v) is 2.89. The number of likely N-dealkylation sites (N-methyl/N-ethyl adjacent to an activating group) is 1. The Balaban J connectivity index is 2.58. The molecule has 1 N–H and O–H groups in total. The van der Waals surface area contributed by atoms with E-state index < -0.39 is 0 Å². The van der Waals surface area contributed by atoms with Gasteiger partial charge in [-0.1, -0.05) is 37.6 Å². The molecule has 0 saturated heterocycles. The zero-order valence-electron chi connectivity index (χ0n) is 11.2. The van der Waals surface area contributed by atoms with E-state index in [1.807, 2.05) is 49.9 Å². The first-order valence-corrected chi connectivity index (χ1v) is 6.66. The van der Waals surface area contributed by atoms with Crippen molar-refractivity contribution < 1.29 is 4.79 Å². The van der Waals surface area contributed by atoms with Crippen LogP contribution in [0.3, 0.4) is 0 Å². The highest BCUT2D eigenvalue weighted by molar-refractivity contribution is 6.30. The number of halogens is 1. The van der Waals surface area contributed by atoms with Crippen molar-refractivity contribution in [3.05, 3.63) is 34.9 Å². The van der Waals surface area contributed by atoms with E-state index in [0.29, 0.717) is 30.7 Å². The van der Waals surface area contributed by atoms with Gasteiger partial charge in [-0.2, -0.15) is 0 Å². The average Bonchev–Trinajstić information content (AvgIpc) is 2.33. The van der Waals surface area contributed by atoms with Crippen molar-refractivity contribution in [1.82, 2.24) is 10.2 Å². The Morgan fingerprint density at radius 1 is 1.44 bits per heavy atom. The van der Waals surface area contributed by atoms with Crippen LogP contribution in [0.25, 0.3) is 0 Å². The number of amides is 1. The Hall–Kier alpha value is -1.06. The Morgan fingerprint density at radius 3 is 2.72 bits per heavy atom. The van der Waals surface area contributed by atoms with Crippen LogP contribution in [-0.4, -0.2) is 29.9 Å². The van der Waals surface area contributed by atoms with E-state index in [1.165, 1.54) is 0 Å². The third kappa shape index (κ3) is 5.07. The molecule has 1 aromatic carbocycles. The minimum Gasteiger partial charge on any atom is -0.338 e. The minimum atomic E-state index is 0.117. The molecule has 1 amide bonds. The topological polar surface area (TPSA) is 32.3 Å². The summed E-state index contributed by atoms with van der Waals surface area (Å²) in [5.74, 6) is 0.117. The second-order valence-electron chi connectivity index (χ2n) is 4.57. The summed E-state index contributed by atoms with van der Waals surface area (Å²) in [6.07, 6.45) is 0. The molecule has 4 heteroatoms. The molecular formula is C14H21ClN2O. The van der Waals surface area contributed by atoms with Crippen LogP contribution in [-0.2, 0) is 11.3 Å². The van der Waals surface area contributed by atoms with E-state index in [0.717, 1.165) is 5.56 Å². The van der Waals surface area contributed by atoms with Crippen molar-refractivity contribution in [3.8, 4) is 0 Å². The molecule has 0 spiro atoms. The molecule has 0 bridgehead atoms. The lowest BCUT2D eigenvalue weighted by molar-refractivity contribution is -0.130. The monoisotopic (exact) mass is 268 g/mol. The number of benzene rings is 1. The molecule has 0 aliphatic heterocycles. The largest absolute Gasteiger partial charge is 0.338 e. The SMILES string of the molecule is CCN(Cc1cccc(Cl)c1)C(=O)CNC(C)C. The number of hydrogen-bond donors (Lipinski definition) is 1. The highest BCUT2D eigenvalue weighted by Gasteiger charge is 2.12. The molecule has 0 aliphatic carbocycles. The number of nitrogens with one attached hydrogen (secondary N) is 1. The summed E-state index contributed by atoms with van der Waals surface area (Å²) in [7, 11) is 0. The van der Waals surface area contributed by atoms with E-state index in [1.54, 1.807) is 0 Å². The van der Waals surface area contributed by atoms with Gasteiger partial charge >= 0.3 is 0 Å². The number of nitrogens with zero attached hydrogens (tertiary/aromatic N) is 1. The highest BCUT2D eigenvalue weighted by atomic mass is 35.5. The van der Waals surface area contributed by atoms with E-state index in [-0.39, 0.29) is 5.91 Å². The second kappa shape index (κ2) is 7.39. The van der Waals surface area contributed by atoms with Crippen molar-refractivity contribution in [1.29, 1.82) is 0 Å². The minimum absolute atomic E-state index is 0.117. The Bertz CT molecular complexity index is 393. The number of hydrogen-bond acceptors (Lipinski definition) is 2. The van der Waals surface area contributed by atoms with Crippen LogP contribution in [0.4, 0.5) is 0 Å². The molecule has 1 aromatic rings. The van der Waals surface area contributed by atoms with Crippen molar-refractivity contribution in [2.24, 2.45) is 0 Å². The molecule has 3 nitrogen and oxygen atoms in total. The first-order valence-electron chi connectivity index (χ1n) is 6.28. The van der Waals surface area contributed by atoms with Crippen LogP contribution >= 0.6 is 11.6 Å². The number of carbonyl (C=O) groups is 1. The molecule has 0 aliphatic rings. The van der Waals surface area contributed by atoms with E-state index in [2.05, 4.69) is 5.32 Å². The van der Waals surface area contributed by atoms with Gasteiger partial charge in [-0.3, -0.25) is 4.79 Å². The van der Waals surface area contributed by atoms with Gasteiger partial charge in [0, 0.05) is 24.2 Å². The Labute approximate surface area is 114 Å². The summed E-state index contributed by atoms with van der Waals surface area (Å²) >= 11 is 5.94. The summed E-state index contributed by atoms with van der Waals surface area (Å²) in [4.78, 5) is 13.8. The smallest absolute Gasteiger partial charge is 0.236 e. The van der Waals surface area contributed by atoms with Crippen molar-refractivity contribution in [3.63, 3.8) is 0 Å². The lowest BCUT2D eigenvalue weighted by Crippen LogP contribution is -2.39. The van der Waals surface area contributed by atoms with E-state index in [9.17, 15) is 4.79 Å². The van der Waals surface area contributed by atoms with Crippen LogP contribution < -0.4 is 5.32 Å². The predicted octanol–water partition coefficient (Wildman–Crippen LogP) is 2.69. The molecule has 0 saturated carbocycles. The van der Waals surface area contributed by atoms with Gasteiger partial charge in [0.25, 0.3) is 0 Å². The van der Waals surface area contributed by atoms with Crippen LogP contribution in [0, 0.1) is 0 Å². The Kier molecular flexibility index (Phi) is 6.16. The summed E-state index contributed by atoms with van der Waals surface area (Å²) < 4.78 is 0. The summed E-state index contributed by atoms with van der Waals surface area (Å²) in [5.41, 5.74) is 1.06. The fourth-order valence-electron chi connectivity index (χ4n) is 1.64. The fourth-order valence-corrected chi connectivity index (χ4v) is 1.85. The van der Waals surface area contributed by atoms with Gasteiger partial charge in [-0.25, -0.2) is 0 Å². The summed E-state index contributed by atoms with van der Waals surface area (Å²) in [6, 6.07) is 7.94. The van der Waals surface area contributed by atoms with Gasteiger partial charge in [-0.15, -0.1) is 0 Å². The molecule has 18 heavy (non-hydrogen) atoms. The van der Waals surface area contributed by atoms with Gasteiger partial charge in [0.2, 0.25) is 5.91 Å². The van der Waals surface area contributed by atoms with Crippen LogP contribution in [0.2, 0.25) is 5.02 Å². The van der Waals surface area contributed by atoms with Crippen LogP contribution in [0.15, 0.2) is 24.3 Å². The predicted molar refractivity (Wildman–Crippen MR) is 75.7 cm³/mol. The zero-order chi connectivity index (χ0) is 13.5. The third-order valence-electron chi connectivity index (χ3n) is 2.66. The highest BCUT2D eigenvalue weighted by Crippen LogP contribution is 2.12. The second-order valence-corrected chi connectivity index (χ2v) is 5.01. The molecule has 100 valence electrons. The zero-order valence-corrected chi connectivity index (χ0v) is 12.0. The van der Waals surface area contributed by atoms with Crippen LogP contribution in [0.1, 0.15) is 26.3 Å². The maximum atomic E-state index is 12.0. The maximum Gasteiger partial charge on any atom is 0.236 e. The molecule has 0 radical (unpaired) electrons. The first kappa shape index (κ1) is 15.0. The number of carbonyl (C=O) groups excluding carboxylic acids is 1. The van der Waals surface area contributed by atoms with Crippen molar-refractivity contribution >= 4 is 17.5 Å². The summed E-state index contributed by atoms with van der Waals surface area (Å²) in [6.45, 7) is 7.73. The van der Waals surface area contributed by atoms with Gasteiger partial charge in [-0.05, 0) is 24.6 Å².